The van der Waals surface area contributed by atoms with Crippen LogP contribution >= 0.6 is 22.9 Å². The van der Waals surface area contributed by atoms with Gasteiger partial charge in [0.15, 0.2) is 10.6 Å². The molecular formula is C26H18ClN3O2S. The quantitative estimate of drug-likeness (QED) is 0.440. The Bertz CT molecular complexity index is 1650. The topological polar surface area (TPSA) is 64.3 Å². The van der Waals surface area contributed by atoms with Crippen LogP contribution in [0.2, 0.25) is 5.02 Å². The monoisotopic (exact) mass is 471 g/mol. The highest BCUT2D eigenvalue weighted by molar-refractivity contribution is 7.07. The van der Waals surface area contributed by atoms with Crippen LogP contribution in [0, 0.1) is 0 Å². The van der Waals surface area contributed by atoms with Gasteiger partial charge in [-0.3, -0.25) is 19.1 Å². The van der Waals surface area contributed by atoms with Crippen LogP contribution in [0.3, 0.4) is 0 Å². The van der Waals surface area contributed by atoms with Crippen LogP contribution in [0.5, 0.6) is 0 Å². The fourth-order valence-corrected chi connectivity index (χ4v) is 5.76. The number of halogens is 1. The minimum Gasteiger partial charge on any atom is -0.294 e. The van der Waals surface area contributed by atoms with Gasteiger partial charge in [-0.2, -0.15) is 0 Å². The summed E-state index contributed by atoms with van der Waals surface area (Å²) in [4.78, 5) is 36.2. The fraction of sp³-hybridized carbons (Fsp3) is 0.154. The van der Waals surface area contributed by atoms with Crippen molar-refractivity contribution in [2.45, 2.75) is 25.3 Å². The Morgan fingerprint density at radius 2 is 1.88 bits per heavy atom. The zero-order valence-corrected chi connectivity index (χ0v) is 19.1. The number of Topliss-reactive ketones (excluding diaryl/α,β-unsaturated/α-hetero) is 1. The number of rotatable bonds is 2. The smallest absolute Gasteiger partial charge is 0.271 e. The van der Waals surface area contributed by atoms with E-state index in [2.05, 4.69) is 4.98 Å². The highest BCUT2D eigenvalue weighted by Crippen LogP contribution is 2.36. The number of aromatic nitrogens is 2. The lowest BCUT2D eigenvalue weighted by Crippen LogP contribution is -2.40. The van der Waals surface area contributed by atoms with E-state index in [1.165, 1.54) is 11.3 Å². The Labute approximate surface area is 198 Å². The van der Waals surface area contributed by atoms with Crippen molar-refractivity contribution in [3.05, 3.63) is 108 Å². The maximum Gasteiger partial charge on any atom is 0.271 e. The van der Waals surface area contributed by atoms with E-state index in [1.807, 2.05) is 48.7 Å². The molecule has 2 aliphatic rings. The molecule has 0 saturated carbocycles. The number of thiazole rings is 1. The number of carbonyl (C=O) groups excluding carboxylic acids is 1. The maximum atomic E-state index is 13.6. The molecule has 1 aliphatic carbocycles. The molecule has 6 rings (SSSR count). The summed E-state index contributed by atoms with van der Waals surface area (Å²) in [5, 5.41) is 2.72. The third kappa shape index (κ3) is 3.46. The van der Waals surface area contributed by atoms with Crippen molar-refractivity contribution in [2.24, 2.45) is 4.99 Å². The summed E-state index contributed by atoms with van der Waals surface area (Å²) in [7, 11) is 0. The van der Waals surface area contributed by atoms with Gasteiger partial charge in [0, 0.05) is 34.8 Å². The lowest BCUT2D eigenvalue weighted by molar-refractivity contribution is -0.116. The van der Waals surface area contributed by atoms with Gasteiger partial charge in [0.2, 0.25) is 0 Å². The third-order valence-corrected chi connectivity index (χ3v) is 7.41. The van der Waals surface area contributed by atoms with E-state index < -0.39 is 6.04 Å². The van der Waals surface area contributed by atoms with E-state index >= 15 is 0 Å². The molecule has 0 saturated heterocycles. The van der Waals surface area contributed by atoms with Gasteiger partial charge in [-0.25, -0.2) is 4.99 Å². The van der Waals surface area contributed by atoms with Crippen molar-refractivity contribution in [3.8, 4) is 0 Å². The molecule has 4 aromatic rings. The molecule has 7 heteroatoms. The molecule has 0 unspecified atom stereocenters. The first kappa shape index (κ1) is 20.3. The second-order valence-corrected chi connectivity index (χ2v) is 9.70. The number of nitrogens with zero attached hydrogens (tertiary/aromatic N) is 3. The highest BCUT2D eigenvalue weighted by atomic mass is 35.5. The standard InChI is InChI=1S/C26H18ClN3O2S/c27-19-8-6-17(7-9-19)24-23-20(2-1-3-21(23)31)29-26-30(24)25(32)22(33-26)13-15-4-5-16-10-11-28-14-18(16)12-15/h4-14,24H,1-3H2/b22-13-/t24-/m0/s1. The lowest BCUT2D eigenvalue weighted by Gasteiger charge is -2.28. The number of carbonyl (C=O) groups is 1. The number of ketones is 1. The summed E-state index contributed by atoms with van der Waals surface area (Å²) in [5.74, 6) is 0.0660. The molecule has 162 valence electrons. The molecule has 2 aromatic heterocycles. The Morgan fingerprint density at radius 1 is 1.03 bits per heavy atom. The lowest BCUT2D eigenvalue weighted by atomic mass is 9.86. The average Bonchev–Trinajstić information content (AvgIpc) is 3.13. The molecule has 5 nitrogen and oxygen atoms in total. The summed E-state index contributed by atoms with van der Waals surface area (Å²) in [6.45, 7) is 0. The highest BCUT2D eigenvalue weighted by Gasteiger charge is 2.34. The maximum absolute atomic E-state index is 13.6. The third-order valence-electron chi connectivity index (χ3n) is 6.18. The van der Waals surface area contributed by atoms with Crippen LogP contribution in [0.25, 0.3) is 16.8 Å². The number of allylic oxidation sites excluding steroid dienone is 2. The van der Waals surface area contributed by atoms with Crippen molar-refractivity contribution < 1.29 is 4.79 Å². The molecule has 0 radical (unpaired) electrons. The van der Waals surface area contributed by atoms with Gasteiger partial charge >= 0.3 is 0 Å². The second kappa shape index (κ2) is 7.90. The van der Waals surface area contributed by atoms with Gasteiger partial charge in [-0.1, -0.05) is 47.2 Å². The number of fused-ring (bicyclic) bond motifs is 2. The van der Waals surface area contributed by atoms with Crippen molar-refractivity contribution in [1.82, 2.24) is 9.55 Å². The SMILES string of the molecule is O=C1CCCC2=C1[C@H](c1ccc(Cl)cc1)n1c(s/c(=C\c3ccc4ccncc4c3)c1=O)=N2. The molecule has 33 heavy (non-hydrogen) atoms. The van der Waals surface area contributed by atoms with E-state index in [9.17, 15) is 9.59 Å². The van der Waals surface area contributed by atoms with Gasteiger partial charge < -0.3 is 0 Å². The number of pyridine rings is 1. The van der Waals surface area contributed by atoms with Gasteiger partial charge in [-0.05, 0) is 59.7 Å². The molecule has 1 atom stereocenters. The largest absolute Gasteiger partial charge is 0.294 e. The molecule has 0 amide bonds. The van der Waals surface area contributed by atoms with Crippen molar-refractivity contribution >= 4 is 45.6 Å². The number of hydrogen-bond donors (Lipinski definition) is 0. The summed E-state index contributed by atoms with van der Waals surface area (Å²) in [5.41, 5.74) is 3.08. The van der Waals surface area contributed by atoms with Gasteiger partial charge in [-0.15, -0.1) is 0 Å². The molecule has 2 aromatic carbocycles. The van der Waals surface area contributed by atoms with E-state index in [0.717, 1.165) is 40.4 Å². The molecule has 0 spiro atoms. The van der Waals surface area contributed by atoms with Crippen LogP contribution in [0.4, 0.5) is 0 Å². The minimum absolute atomic E-state index is 0.0660. The van der Waals surface area contributed by atoms with E-state index in [4.69, 9.17) is 16.6 Å². The van der Waals surface area contributed by atoms with Crippen LogP contribution in [0.1, 0.15) is 36.4 Å². The first-order valence-electron chi connectivity index (χ1n) is 10.8. The van der Waals surface area contributed by atoms with Crippen LogP contribution in [-0.2, 0) is 4.79 Å². The number of benzene rings is 2. The fourth-order valence-electron chi connectivity index (χ4n) is 4.62. The van der Waals surface area contributed by atoms with Gasteiger partial charge in [0.25, 0.3) is 5.56 Å². The Hall–Kier alpha value is -3.35. The molecule has 3 heterocycles. The van der Waals surface area contributed by atoms with Crippen molar-refractivity contribution in [1.29, 1.82) is 0 Å². The van der Waals surface area contributed by atoms with Crippen molar-refractivity contribution in [3.63, 3.8) is 0 Å². The predicted octanol–water partition coefficient (Wildman–Crippen LogP) is 4.17. The van der Waals surface area contributed by atoms with Gasteiger partial charge in [0.1, 0.15) is 0 Å². The van der Waals surface area contributed by atoms with Crippen molar-refractivity contribution in [2.75, 3.05) is 0 Å². The van der Waals surface area contributed by atoms with Crippen LogP contribution in [-0.4, -0.2) is 15.3 Å². The molecule has 1 aliphatic heterocycles. The van der Waals surface area contributed by atoms with Gasteiger partial charge in [0.05, 0.1) is 16.3 Å². The number of hydrogen-bond acceptors (Lipinski definition) is 5. The normalized spacial score (nSPS) is 18.3. The summed E-state index contributed by atoms with van der Waals surface area (Å²) < 4.78 is 2.26. The van der Waals surface area contributed by atoms with E-state index in [-0.39, 0.29) is 11.3 Å². The first-order valence-corrected chi connectivity index (χ1v) is 12.0. The second-order valence-electron chi connectivity index (χ2n) is 8.25. The molecular weight excluding hydrogens is 454 g/mol. The zero-order chi connectivity index (χ0) is 22.5. The predicted molar refractivity (Wildman–Crippen MR) is 130 cm³/mol. The molecule has 0 bridgehead atoms. The summed E-state index contributed by atoms with van der Waals surface area (Å²) in [6.07, 6.45) is 7.48. The molecule has 0 fully saturated rings. The van der Waals surface area contributed by atoms with Crippen LogP contribution in [0.15, 0.2) is 82.0 Å². The van der Waals surface area contributed by atoms with E-state index in [1.54, 1.807) is 22.9 Å². The Morgan fingerprint density at radius 3 is 2.73 bits per heavy atom. The van der Waals surface area contributed by atoms with E-state index in [0.29, 0.717) is 26.4 Å². The Balaban J connectivity index is 1.57. The zero-order valence-electron chi connectivity index (χ0n) is 17.5. The summed E-state index contributed by atoms with van der Waals surface area (Å²) in [6, 6.07) is 14.9. The first-order chi connectivity index (χ1) is 16.1. The summed E-state index contributed by atoms with van der Waals surface area (Å²) >= 11 is 7.47. The van der Waals surface area contributed by atoms with Crippen LogP contribution < -0.4 is 14.9 Å². The molecule has 0 N–H and O–H groups in total. The minimum atomic E-state index is -0.482. The average molecular weight is 472 g/mol. The Kier molecular flexibility index (Phi) is 4.85.